The number of aromatic nitrogens is 2. The number of benzene rings is 1. The zero-order valence-electron chi connectivity index (χ0n) is 17.2. The van der Waals surface area contributed by atoms with E-state index in [2.05, 4.69) is 24.1 Å². The van der Waals surface area contributed by atoms with Gasteiger partial charge in [-0.15, -0.1) is 11.3 Å². The van der Waals surface area contributed by atoms with Gasteiger partial charge in [0.1, 0.15) is 24.0 Å². The number of thiophene rings is 1. The van der Waals surface area contributed by atoms with Crippen LogP contribution in [0.5, 0.6) is 11.5 Å². The standard InChI is InChI=1S/C22H27N3O3S/c1-13-8-9-15-18(12-13)29-22-19(15)21(26)24-20(25-22)14(2)23-10-11-28-17-7-5-4-6-16(17)27-3/h4-7,13-14,23H,8-12H2,1-3H3,(H,24,25,26)/p+1/t13-,14+/m0/s1. The highest BCUT2D eigenvalue weighted by Crippen LogP contribution is 2.35. The highest BCUT2D eigenvalue weighted by atomic mass is 32.1. The minimum absolute atomic E-state index is 0.00238. The molecule has 0 saturated carbocycles. The van der Waals surface area contributed by atoms with Gasteiger partial charge < -0.3 is 19.8 Å². The maximum atomic E-state index is 12.8. The lowest BCUT2D eigenvalue weighted by Crippen LogP contribution is -2.86. The van der Waals surface area contributed by atoms with Crippen molar-refractivity contribution in [3.63, 3.8) is 0 Å². The quantitative estimate of drug-likeness (QED) is 0.583. The number of nitrogens with zero attached hydrogens (tertiary/aromatic N) is 1. The molecule has 1 aliphatic carbocycles. The van der Waals surface area contributed by atoms with Crippen LogP contribution in [0.15, 0.2) is 29.1 Å². The normalized spacial score (nSPS) is 17.1. The van der Waals surface area contributed by atoms with Gasteiger partial charge in [-0.3, -0.25) is 4.79 Å². The van der Waals surface area contributed by atoms with Gasteiger partial charge in [-0.05, 0) is 49.8 Å². The van der Waals surface area contributed by atoms with Crippen molar-refractivity contribution in [3.8, 4) is 11.5 Å². The van der Waals surface area contributed by atoms with E-state index >= 15 is 0 Å². The van der Waals surface area contributed by atoms with Crippen molar-refractivity contribution < 1.29 is 14.8 Å². The Kier molecular flexibility index (Phi) is 5.87. The fourth-order valence-electron chi connectivity index (χ4n) is 3.92. The number of para-hydroxylation sites is 2. The minimum atomic E-state index is 0.00238. The first-order valence-corrected chi connectivity index (χ1v) is 11.0. The molecule has 0 fully saturated rings. The number of aryl methyl sites for hydroxylation is 1. The SMILES string of the molecule is COc1ccccc1OCC[NH2+][C@H](C)c1nc2sc3c(c2c(=O)[nH]1)CC[C@H](C)C3. The van der Waals surface area contributed by atoms with Crippen LogP contribution in [-0.4, -0.2) is 30.2 Å². The lowest BCUT2D eigenvalue weighted by molar-refractivity contribution is -0.694. The predicted molar refractivity (Wildman–Crippen MR) is 115 cm³/mol. The molecular formula is C22H28N3O3S+. The van der Waals surface area contributed by atoms with Crippen LogP contribution in [0, 0.1) is 5.92 Å². The third-order valence-corrected chi connectivity index (χ3v) is 6.73. The summed E-state index contributed by atoms with van der Waals surface area (Å²) in [6.45, 7) is 5.63. The molecule has 0 spiro atoms. The molecule has 1 aliphatic rings. The number of ether oxygens (including phenoxy) is 2. The Morgan fingerprint density at radius 2 is 2.14 bits per heavy atom. The van der Waals surface area contributed by atoms with Crippen LogP contribution in [0.4, 0.5) is 0 Å². The Hall–Kier alpha value is -2.38. The summed E-state index contributed by atoms with van der Waals surface area (Å²) in [4.78, 5) is 22.8. The monoisotopic (exact) mass is 414 g/mol. The summed E-state index contributed by atoms with van der Waals surface area (Å²) < 4.78 is 11.1. The molecule has 29 heavy (non-hydrogen) atoms. The van der Waals surface area contributed by atoms with E-state index in [1.807, 2.05) is 24.3 Å². The van der Waals surface area contributed by atoms with Crippen molar-refractivity contribution in [1.82, 2.24) is 9.97 Å². The number of aromatic amines is 1. The summed E-state index contributed by atoms with van der Waals surface area (Å²) in [6.07, 6.45) is 3.20. The maximum absolute atomic E-state index is 12.8. The summed E-state index contributed by atoms with van der Waals surface area (Å²) in [5, 5.41) is 2.95. The van der Waals surface area contributed by atoms with Crippen LogP contribution in [0.25, 0.3) is 10.2 Å². The Morgan fingerprint density at radius 1 is 1.34 bits per heavy atom. The van der Waals surface area contributed by atoms with Gasteiger partial charge in [0.15, 0.2) is 17.3 Å². The first kappa shape index (κ1) is 19.9. The molecule has 6 nitrogen and oxygen atoms in total. The zero-order valence-corrected chi connectivity index (χ0v) is 18.0. The van der Waals surface area contributed by atoms with E-state index in [-0.39, 0.29) is 11.6 Å². The lowest BCUT2D eigenvalue weighted by Gasteiger charge is -2.17. The molecule has 2 atom stereocenters. The number of fused-ring (bicyclic) bond motifs is 3. The number of methoxy groups -OCH3 is 1. The zero-order chi connectivity index (χ0) is 20.4. The molecule has 0 amide bonds. The molecule has 4 rings (SSSR count). The second-order valence-electron chi connectivity index (χ2n) is 7.80. The van der Waals surface area contributed by atoms with Crippen molar-refractivity contribution in [1.29, 1.82) is 0 Å². The van der Waals surface area contributed by atoms with E-state index in [4.69, 9.17) is 14.5 Å². The summed E-state index contributed by atoms with van der Waals surface area (Å²) in [5.41, 5.74) is 1.23. The Balaban J connectivity index is 1.42. The van der Waals surface area contributed by atoms with Crippen LogP contribution < -0.4 is 20.3 Å². The van der Waals surface area contributed by atoms with Crippen molar-refractivity contribution >= 4 is 21.6 Å². The van der Waals surface area contributed by atoms with Crippen LogP contribution in [0.1, 0.15) is 42.6 Å². The molecule has 0 bridgehead atoms. The smallest absolute Gasteiger partial charge is 0.260 e. The fraction of sp³-hybridized carbons (Fsp3) is 0.455. The molecule has 3 N–H and O–H groups in total. The van der Waals surface area contributed by atoms with E-state index in [0.29, 0.717) is 12.5 Å². The van der Waals surface area contributed by atoms with Gasteiger partial charge in [-0.1, -0.05) is 19.1 Å². The molecule has 0 saturated heterocycles. The van der Waals surface area contributed by atoms with E-state index < -0.39 is 0 Å². The number of rotatable bonds is 7. The van der Waals surface area contributed by atoms with Gasteiger partial charge in [-0.25, -0.2) is 4.98 Å². The minimum Gasteiger partial charge on any atom is -0.493 e. The number of nitrogens with two attached hydrogens (primary N) is 1. The van der Waals surface area contributed by atoms with Crippen LogP contribution in [0.2, 0.25) is 0 Å². The number of nitrogens with one attached hydrogen (secondary N) is 1. The predicted octanol–water partition coefficient (Wildman–Crippen LogP) is 2.82. The van der Waals surface area contributed by atoms with Crippen molar-refractivity contribution in [3.05, 3.63) is 50.9 Å². The first-order chi connectivity index (χ1) is 14.1. The van der Waals surface area contributed by atoms with E-state index in [1.54, 1.807) is 18.4 Å². The van der Waals surface area contributed by atoms with Crippen LogP contribution in [0.3, 0.4) is 0 Å². The largest absolute Gasteiger partial charge is 0.493 e. The van der Waals surface area contributed by atoms with Crippen molar-refractivity contribution in [2.45, 2.75) is 39.2 Å². The summed E-state index contributed by atoms with van der Waals surface area (Å²) in [6, 6.07) is 7.67. The number of quaternary nitrogens is 1. The second kappa shape index (κ2) is 8.55. The molecule has 1 aromatic carbocycles. The Labute approximate surface area is 174 Å². The van der Waals surface area contributed by atoms with Gasteiger partial charge in [0.2, 0.25) is 0 Å². The molecule has 2 aromatic heterocycles. The fourth-order valence-corrected chi connectivity index (χ4v) is 5.31. The van der Waals surface area contributed by atoms with E-state index in [9.17, 15) is 4.79 Å². The van der Waals surface area contributed by atoms with Gasteiger partial charge in [0.05, 0.1) is 12.5 Å². The van der Waals surface area contributed by atoms with Crippen LogP contribution >= 0.6 is 11.3 Å². The van der Waals surface area contributed by atoms with Crippen molar-refractivity contribution in [2.24, 2.45) is 5.92 Å². The molecule has 2 heterocycles. The molecule has 0 aliphatic heterocycles. The van der Waals surface area contributed by atoms with Crippen molar-refractivity contribution in [2.75, 3.05) is 20.3 Å². The van der Waals surface area contributed by atoms with Crippen LogP contribution in [-0.2, 0) is 12.8 Å². The van der Waals surface area contributed by atoms with Gasteiger partial charge >= 0.3 is 0 Å². The van der Waals surface area contributed by atoms with E-state index in [1.165, 1.54) is 10.4 Å². The molecule has 0 radical (unpaired) electrons. The summed E-state index contributed by atoms with van der Waals surface area (Å²) in [7, 11) is 1.64. The van der Waals surface area contributed by atoms with E-state index in [0.717, 1.165) is 53.3 Å². The highest BCUT2D eigenvalue weighted by Gasteiger charge is 2.24. The molecule has 3 aromatic rings. The molecule has 154 valence electrons. The molecule has 0 unspecified atom stereocenters. The maximum Gasteiger partial charge on any atom is 0.260 e. The summed E-state index contributed by atoms with van der Waals surface area (Å²) in [5.74, 6) is 2.88. The number of hydrogen-bond acceptors (Lipinski definition) is 5. The average Bonchev–Trinajstić information content (AvgIpc) is 3.09. The second-order valence-corrected chi connectivity index (χ2v) is 8.88. The lowest BCUT2D eigenvalue weighted by atomic mass is 9.89. The Bertz CT molecular complexity index is 1060. The topological polar surface area (TPSA) is 80.8 Å². The Morgan fingerprint density at radius 3 is 2.93 bits per heavy atom. The average molecular weight is 415 g/mol. The third kappa shape index (κ3) is 4.16. The molecule has 7 heteroatoms. The van der Waals surface area contributed by atoms with Gasteiger partial charge in [0.25, 0.3) is 5.56 Å². The number of hydrogen-bond donors (Lipinski definition) is 2. The number of H-pyrrole nitrogens is 1. The van der Waals surface area contributed by atoms with Gasteiger partial charge in [-0.2, -0.15) is 0 Å². The molecular weight excluding hydrogens is 386 g/mol. The third-order valence-electron chi connectivity index (χ3n) is 5.58. The van der Waals surface area contributed by atoms with Gasteiger partial charge in [0, 0.05) is 4.88 Å². The first-order valence-electron chi connectivity index (χ1n) is 10.2. The summed E-state index contributed by atoms with van der Waals surface area (Å²) >= 11 is 1.70. The highest BCUT2D eigenvalue weighted by molar-refractivity contribution is 7.18.